The van der Waals surface area contributed by atoms with Crippen molar-refractivity contribution in [2.75, 3.05) is 7.11 Å². The third-order valence-corrected chi connectivity index (χ3v) is 6.64. The van der Waals surface area contributed by atoms with Gasteiger partial charge in [-0.05, 0) is 66.3 Å². The van der Waals surface area contributed by atoms with Crippen molar-refractivity contribution in [2.24, 2.45) is 0 Å². The maximum Gasteiger partial charge on any atom is 0.118 e. The molecular formula is C25H25Cl2NO. The normalized spacial score (nSPS) is 19.4. The standard InChI is InChI=1S/C25H25Cl2NO/c1-16(17-7-10-19(29-2)11-8-17)28-25-14-12-20(21-5-3-4-6-22(21)25)18-9-13-23(26)24(27)15-18/h3-11,13,15-16,20,25,28H,12,14H2,1-2H3/t16-,20+,25-/m1/s1. The predicted octanol–water partition coefficient (Wildman–Crippen LogP) is 7.32. The fourth-order valence-corrected chi connectivity index (χ4v) is 4.64. The average Bonchev–Trinajstić information content (AvgIpc) is 2.76. The van der Waals surface area contributed by atoms with Gasteiger partial charge in [0, 0.05) is 18.0 Å². The minimum absolute atomic E-state index is 0.250. The predicted molar refractivity (Wildman–Crippen MR) is 121 cm³/mol. The second-order valence-electron chi connectivity index (χ2n) is 7.65. The molecule has 1 aliphatic rings. The van der Waals surface area contributed by atoms with Crippen LogP contribution in [0, 0.1) is 0 Å². The topological polar surface area (TPSA) is 21.3 Å². The minimum Gasteiger partial charge on any atom is -0.497 e. The molecule has 4 rings (SSSR count). The van der Waals surface area contributed by atoms with Gasteiger partial charge in [0.15, 0.2) is 0 Å². The van der Waals surface area contributed by atoms with Gasteiger partial charge in [-0.1, -0.05) is 65.7 Å². The van der Waals surface area contributed by atoms with Gasteiger partial charge in [-0.3, -0.25) is 0 Å². The largest absolute Gasteiger partial charge is 0.497 e. The van der Waals surface area contributed by atoms with Crippen LogP contribution >= 0.6 is 23.2 Å². The molecule has 1 N–H and O–H groups in total. The van der Waals surface area contributed by atoms with Gasteiger partial charge in [-0.2, -0.15) is 0 Å². The maximum absolute atomic E-state index is 6.29. The molecule has 0 fully saturated rings. The highest BCUT2D eigenvalue weighted by molar-refractivity contribution is 6.42. The molecule has 0 amide bonds. The van der Waals surface area contributed by atoms with Crippen molar-refractivity contribution in [1.29, 1.82) is 0 Å². The van der Waals surface area contributed by atoms with E-state index in [9.17, 15) is 0 Å². The van der Waals surface area contributed by atoms with Crippen LogP contribution in [0.15, 0.2) is 66.7 Å². The smallest absolute Gasteiger partial charge is 0.118 e. The summed E-state index contributed by atoms with van der Waals surface area (Å²) in [5.74, 6) is 1.23. The number of methoxy groups -OCH3 is 1. The van der Waals surface area contributed by atoms with Gasteiger partial charge in [0.25, 0.3) is 0 Å². The molecule has 150 valence electrons. The number of hydrogen-bond donors (Lipinski definition) is 1. The van der Waals surface area contributed by atoms with Crippen LogP contribution in [-0.4, -0.2) is 7.11 Å². The maximum atomic E-state index is 6.29. The van der Waals surface area contributed by atoms with Crippen LogP contribution in [0.1, 0.15) is 60.0 Å². The average molecular weight is 426 g/mol. The SMILES string of the molecule is COc1ccc([C@@H](C)N[C@@H]2CC[C@@H](c3ccc(Cl)c(Cl)c3)c3ccccc32)cc1. The molecule has 4 heteroatoms. The lowest BCUT2D eigenvalue weighted by Gasteiger charge is -2.34. The summed E-state index contributed by atoms with van der Waals surface area (Å²) in [5, 5.41) is 5.06. The van der Waals surface area contributed by atoms with Crippen molar-refractivity contribution in [3.05, 3.63) is 99.0 Å². The van der Waals surface area contributed by atoms with Crippen LogP contribution in [0.4, 0.5) is 0 Å². The molecule has 3 aromatic carbocycles. The van der Waals surface area contributed by atoms with Gasteiger partial charge in [0.1, 0.15) is 5.75 Å². The van der Waals surface area contributed by atoms with E-state index in [-0.39, 0.29) is 6.04 Å². The van der Waals surface area contributed by atoms with E-state index < -0.39 is 0 Å². The summed E-state index contributed by atoms with van der Waals surface area (Å²) in [5.41, 5.74) is 5.23. The summed E-state index contributed by atoms with van der Waals surface area (Å²) in [7, 11) is 1.69. The molecule has 0 heterocycles. The van der Waals surface area contributed by atoms with Crippen molar-refractivity contribution in [2.45, 2.75) is 37.8 Å². The van der Waals surface area contributed by atoms with Gasteiger partial charge in [-0.25, -0.2) is 0 Å². The van der Waals surface area contributed by atoms with Gasteiger partial charge >= 0.3 is 0 Å². The van der Waals surface area contributed by atoms with Crippen LogP contribution in [0.5, 0.6) is 5.75 Å². The number of nitrogens with one attached hydrogen (secondary N) is 1. The first-order valence-electron chi connectivity index (χ1n) is 10.0. The Hall–Kier alpha value is -2.00. The Bertz CT molecular complexity index is 986. The third kappa shape index (κ3) is 4.30. The molecule has 3 aromatic rings. The fourth-order valence-electron chi connectivity index (χ4n) is 4.33. The van der Waals surface area contributed by atoms with Crippen LogP contribution < -0.4 is 10.1 Å². The highest BCUT2D eigenvalue weighted by atomic mass is 35.5. The first-order valence-corrected chi connectivity index (χ1v) is 10.8. The number of hydrogen-bond acceptors (Lipinski definition) is 2. The molecule has 0 aliphatic heterocycles. The van der Waals surface area contributed by atoms with Crippen molar-refractivity contribution < 1.29 is 4.74 Å². The van der Waals surface area contributed by atoms with Crippen molar-refractivity contribution in [3.63, 3.8) is 0 Å². The second kappa shape index (κ2) is 8.79. The summed E-state index contributed by atoms with van der Waals surface area (Å²) in [6.07, 6.45) is 2.14. The Balaban J connectivity index is 1.58. The van der Waals surface area contributed by atoms with Gasteiger partial charge < -0.3 is 10.1 Å². The molecule has 0 spiro atoms. The van der Waals surface area contributed by atoms with Gasteiger partial charge in [-0.15, -0.1) is 0 Å². The monoisotopic (exact) mass is 425 g/mol. The summed E-state index contributed by atoms with van der Waals surface area (Å²) >= 11 is 12.4. The lowest BCUT2D eigenvalue weighted by atomic mass is 9.76. The summed E-state index contributed by atoms with van der Waals surface area (Å²) in [6, 6.07) is 23.6. The highest BCUT2D eigenvalue weighted by Crippen LogP contribution is 2.43. The van der Waals surface area contributed by atoms with E-state index in [1.807, 2.05) is 24.3 Å². The van der Waals surface area contributed by atoms with E-state index in [1.54, 1.807) is 7.11 Å². The molecule has 0 unspecified atom stereocenters. The number of halogens is 2. The van der Waals surface area contributed by atoms with Gasteiger partial charge in [0.05, 0.1) is 17.2 Å². The Morgan fingerprint density at radius 2 is 1.62 bits per heavy atom. The Kier molecular flexibility index (Phi) is 6.15. The quantitative estimate of drug-likeness (QED) is 0.462. The van der Waals surface area contributed by atoms with Crippen molar-refractivity contribution in [3.8, 4) is 5.75 Å². The zero-order valence-corrected chi connectivity index (χ0v) is 18.2. The van der Waals surface area contributed by atoms with E-state index >= 15 is 0 Å². The number of benzene rings is 3. The molecule has 2 nitrogen and oxygen atoms in total. The van der Waals surface area contributed by atoms with Crippen LogP contribution in [-0.2, 0) is 0 Å². The second-order valence-corrected chi connectivity index (χ2v) is 8.46. The molecule has 1 aliphatic carbocycles. The minimum atomic E-state index is 0.250. The van der Waals surface area contributed by atoms with Crippen LogP contribution in [0.2, 0.25) is 10.0 Å². The number of rotatable bonds is 5. The van der Waals surface area contributed by atoms with Crippen molar-refractivity contribution >= 4 is 23.2 Å². The zero-order chi connectivity index (χ0) is 20.4. The molecule has 0 aromatic heterocycles. The molecule has 3 atom stereocenters. The molecule has 29 heavy (non-hydrogen) atoms. The van der Waals surface area contributed by atoms with E-state index in [0.29, 0.717) is 22.0 Å². The van der Waals surface area contributed by atoms with Crippen LogP contribution in [0.3, 0.4) is 0 Å². The molecule has 0 bridgehead atoms. The lowest BCUT2D eigenvalue weighted by molar-refractivity contribution is 0.400. The third-order valence-electron chi connectivity index (χ3n) is 5.90. The summed E-state index contributed by atoms with van der Waals surface area (Å²) < 4.78 is 5.28. The first kappa shape index (κ1) is 20.3. The number of fused-ring (bicyclic) bond motifs is 1. The van der Waals surface area contributed by atoms with Crippen molar-refractivity contribution in [1.82, 2.24) is 5.32 Å². The van der Waals surface area contributed by atoms with Gasteiger partial charge in [0.2, 0.25) is 0 Å². The fraction of sp³-hybridized carbons (Fsp3) is 0.280. The van der Waals surface area contributed by atoms with Crippen LogP contribution in [0.25, 0.3) is 0 Å². The number of ether oxygens (including phenoxy) is 1. The zero-order valence-electron chi connectivity index (χ0n) is 16.7. The summed E-state index contributed by atoms with van der Waals surface area (Å²) in [4.78, 5) is 0. The Morgan fingerprint density at radius 3 is 2.31 bits per heavy atom. The van der Waals surface area contributed by atoms with E-state index in [1.165, 1.54) is 22.3 Å². The molecule has 0 saturated heterocycles. The first-order chi connectivity index (χ1) is 14.1. The Labute approximate surface area is 182 Å². The highest BCUT2D eigenvalue weighted by Gasteiger charge is 2.29. The lowest BCUT2D eigenvalue weighted by Crippen LogP contribution is -2.29. The van der Waals surface area contributed by atoms with E-state index in [2.05, 4.69) is 54.7 Å². The van der Waals surface area contributed by atoms with E-state index in [4.69, 9.17) is 27.9 Å². The van der Waals surface area contributed by atoms with E-state index in [0.717, 1.165) is 18.6 Å². The molecule has 0 radical (unpaired) electrons. The molecular weight excluding hydrogens is 401 g/mol. The Morgan fingerprint density at radius 1 is 0.897 bits per heavy atom. The molecule has 0 saturated carbocycles. The summed E-state index contributed by atoms with van der Waals surface area (Å²) in [6.45, 7) is 2.22.